The number of aromatic nitrogens is 2. The minimum absolute atomic E-state index is 0.0133. The number of hydrogen-bond donors (Lipinski definition) is 2. The summed E-state index contributed by atoms with van der Waals surface area (Å²) in [5.74, 6) is -0.648. The zero-order valence-electron chi connectivity index (χ0n) is 17.7. The summed E-state index contributed by atoms with van der Waals surface area (Å²) in [5.41, 5.74) is 11.1. The molecule has 0 spiro atoms. The second-order valence-corrected chi connectivity index (χ2v) is 9.28. The van der Waals surface area contributed by atoms with Gasteiger partial charge in [-0.25, -0.2) is 0 Å². The van der Waals surface area contributed by atoms with Crippen molar-refractivity contribution in [1.82, 2.24) is 14.5 Å². The van der Waals surface area contributed by atoms with Crippen LogP contribution >= 0.6 is 0 Å². The Morgan fingerprint density at radius 3 is 2.06 bits per heavy atom. The maximum absolute atomic E-state index is 13.1. The number of nitrogens with two attached hydrogens (primary N) is 1. The molecule has 3 aliphatic rings. The van der Waals surface area contributed by atoms with Gasteiger partial charge in [0, 0.05) is 33.6 Å². The van der Waals surface area contributed by atoms with Crippen molar-refractivity contribution < 1.29 is 14.3 Å². The highest BCUT2D eigenvalue weighted by atomic mass is 16.5. The van der Waals surface area contributed by atoms with Crippen LogP contribution in [0.4, 0.5) is 0 Å². The molecule has 5 aromatic rings. The van der Waals surface area contributed by atoms with Crippen LogP contribution in [0.25, 0.3) is 43.6 Å². The molecule has 1 saturated heterocycles. The number of hydrogen-bond acceptors (Lipinski definition) is 4. The van der Waals surface area contributed by atoms with E-state index >= 15 is 0 Å². The summed E-state index contributed by atoms with van der Waals surface area (Å²) in [6.45, 7) is 0.474. The molecule has 3 N–H and O–H groups in total. The number of carbonyl (C=O) groups excluding carboxylic acids is 2. The molecule has 33 heavy (non-hydrogen) atoms. The topological polar surface area (TPSA) is 91.3 Å². The van der Waals surface area contributed by atoms with Gasteiger partial charge in [-0.2, -0.15) is 0 Å². The van der Waals surface area contributed by atoms with Gasteiger partial charge in [0.1, 0.15) is 0 Å². The number of benzene rings is 3. The molecular weight excluding hydrogens is 416 g/mol. The summed E-state index contributed by atoms with van der Waals surface area (Å²) >= 11 is 0. The molecule has 3 aliphatic heterocycles. The van der Waals surface area contributed by atoms with Gasteiger partial charge in [-0.1, -0.05) is 36.4 Å². The molecule has 3 unspecified atom stereocenters. The summed E-state index contributed by atoms with van der Waals surface area (Å²) in [6, 6.07) is 16.3. The van der Waals surface area contributed by atoms with E-state index < -0.39 is 0 Å². The number of nitrogens with one attached hydrogen (secondary N) is 1. The first-order chi connectivity index (χ1) is 16.2. The quantitative estimate of drug-likeness (QED) is 0.389. The highest BCUT2D eigenvalue weighted by molar-refractivity contribution is 6.39. The van der Waals surface area contributed by atoms with Crippen molar-refractivity contribution in [2.75, 3.05) is 6.54 Å². The highest BCUT2D eigenvalue weighted by Crippen LogP contribution is 2.53. The standard InChI is InChI=1S/C26H20N4O3/c27-11-12-9-10-17-26(33-12)30-16-8-4-2-6-14(16)19-21-20(24(31)28-25(21)32)18-13-5-1-3-7-15(13)29(17)22(18)23(19)30/h1-8,12,17,26H,9-11,27H2,(H,28,31,32). The molecule has 2 amide bonds. The number of amides is 2. The van der Waals surface area contributed by atoms with E-state index in [0.29, 0.717) is 17.7 Å². The highest BCUT2D eigenvalue weighted by Gasteiger charge is 2.44. The van der Waals surface area contributed by atoms with Crippen LogP contribution in [0.2, 0.25) is 0 Å². The summed E-state index contributed by atoms with van der Waals surface area (Å²) < 4.78 is 11.2. The molecule has 162 valence electrons. The van der Waals surface area contributed by atoms with Crippen LogP contribution in [0.3, 0.4) is 0 Å². The molecule has 0 radical (unpaired) electrons. The summed E-state index contributed by atoms with van der Waals surface area (Å²) in [7, 11) is 0. The van der Waals surface area contributed by atoms with Crippen molar-refractivity contribution in [3.05, 3.63) is 59.7 Å². The summed E-state index contributed by atoms with van der Waals surface area (Å²) in [5, 5.41) is 6.22. The second-order valence-electron chi connectivity index (χ2n) is 9.28. The van der Waals surface area contributed by atoms with Crippen LogP contribution in [-0.2, 0) is 4.74 Å². The molecule has 8 rings (SSSR count). The third kappa shape index (κ3) is 1.91. The first-order valence-corrected chi connectivity index (χ1v) is 11.4. The number of nitrogens with zero attached hydrogens (tertiary/aromatic N) is 2. The first kappa shape index (κ1) is 17.8. The van der Waals surface area contributed by atoms with Crippen molar-refractivity contribution in [2.24, 2.45) is 5.73 Å². The van der Waals surface area contributed by atoms with Crippen molar-refractivity contribution >= 4 is 55.4 Å². The molecule has 5 heterocycles. The third-order valence-electron chi connectivity index (χ3n) is 7.77. The van der Waals surface area contributed by atoms with Gasteiger partial charge in [0.05, 0.1) is 39.8 Å². The minimum Gasteiger partial charge on any atom is -0.351 e. The number of imide groups is 1. The number of fused-ring (bicyclic) bond motifs is 12. The van der Waals surface area contributed by atoms with E-state index in [9.17, 15) is 9.59 Å². The Kier molecular flexibility index (Phi) is 3.14. The SMILES string of the molecule is NCC1CCC2C(O1)n1c3ccccc3c3c4c(c5c6ccccc6n2c5c31)C(=O)NC4=O. The number of rotatable bonds is 1. The number of carbonyl (C=O) groups is 2. The Bertz CT molecular complexity index is 1730. The van der Waals surface area contributed by atoms with Gasteiger partial charge >= 0.3 is 0 Å². The first-order valence-electron chi connectivity index (χ1n) is 11.4. The van der Waals surface area contributed by atoms with Crippen LogP contribution in [0.15, 0.2) is 48.5 Å². The Hall–Kier alpha value is -3.68. The van der Waals surface area contributed by atoms with Gasteiger partial charge in [0.2, 0.25) is 0 Å². The fraction of sp³-hybridized carbons (Fsp3) is 0.231. The normalized spacial score (nSPS) is 23.7. The van der Waals surface area contributed by atoms with Crippen molar-refractivity contribution in [2.45, 2.75) is 31.2 Å². The van der Waals surface area contributed by atoms with E-state index in [1.54, 1.807) is 0 Å². The lowest BCUT2D eigenvalue weighted by atomic mass is 9.95. The molecule has 0 saturated carbocycles. The van der Waals surface area contributed by atoms with Crippen molar-refractivity contribution in [1.29, 1.82) is 0 Å². The van der Waals surface area contributed by atoms with Gasteiger partial charge < -0.3 is 19.6 Å². The van der Waals surface area contributed by atoms with E-state index in [2.05, 4.69) is 32.7 Å². The Morgan fingerprint density at radius 1 is 0.848 bits per heavy atom. The second kappa shape index (κ2) is 5.81. The Morgan fingerprint density at radius 2 is 1.42 bits per heavy atom. The van der Waals surface area contributed by atoms with E-state index in [0.717, 1.165) is 56.5 Å². The molecule has 3 aromatic carbocycles. The van der Waals surface area contributed by atoms with E-state index in [1.807, 2.05) is 30.3 Å². The average Bonchev–Trinajstić information content (AvgIpc) is 3.46. The molecule has 1 fully saturated rings. The van der Waals surface area contributed by atoms with E-state index in [4.69, 9.17) is 10.5 Å². The Balaban J connectivity index is 1.71. The predicted molar refractivity (Wildman–Crippen MR) is 125 cm³/mol. The maximum atomic E-state index is 13.1. The zero-order valence-corrected chi connectivity index (χ0v) is 17.7. The largest absolute Gasteiger partial charge is 0.351 e. The molecule has 0 bridgehead atoms. The maximum Gasteiger partial charge on any atom is 0.259 e. The van der Waals surface area contributed by atoms with Gasteiger partial charge in [-0.05, 0) is 25.0 Å². The summed E-state index contributed by atoms with van der Waals surface area (Å²) in [4.78, 5) is 26.3. The smallest absolute Gasteiger partial charge is 0.259 e. The van der Waals surface area contributed by atoms with Gasteiger partial charge in [-0.15, -0.1) is 0 Å². The van der Waals surface area contributed by atoms with Crippen molar-refractivity contribution in [3.63, 3.8) is 0 Å². The number of ether oxygens (including phenoxy) is 1. The van der Waals surface area contributed by atoms with E-state index in [-0.39, 0.29) is 30.2 Å². The Labute approximate surface area is 187 Å². The van der Waals surface area contributed by atoms with Gasteiger partial charge in [0.25, 0.3) is 11.8 Å². The third-order valence-corrected chi connectivity index (χ3v) is 7.77. The fourth-order valence-electron chi connectivity index (χ4n) is 6.56. The molecule has 3 atom stereocenters. The van der Waals surface area contributed by atoms with Crippen molar-refractivity contribution in [3.8, 4) is 0 Å². The summed E-state index contributed by atoms with van der Waals surface area (Å²) in [6.07, 6.45) is 1.56. The lowest BCUT2D eigenvalue weighted by Gasteiger charge is -2.41. The van der Waals surface area contributed by atoms with Crippen LogP contribution in [0.5, 0.6) is 0 Å². The molecule has 7 heteroatoms. The van der Waals surface area contributed by atoms with Crippen LogP contribution in [0.1, 0.15) is 45.8 Å². The molecule has 7 nitrogen and oxygen atoms in total. The minimum atomic E-state index is -0.330. The lowest BCUT2D eigenvalue weighted by molar-refractivity contribution is -0.110. The predicted octanol–water partition coefficient (Wildman–Crippen LogP) is 3.98. The molecular formula is C26H20N4O3. The fourth-order valence-corrected chi connectivity index (χ4v) is 6.56. The zero-order chi connectivity index (χ0) is 22.0. The lowest BCUT2D eigenvalue weighted by Crippen LogP contribution is -2.39. The van der Waals surface area contributed by atoms with Crippen LogP contribution in [0, 0.1) is 0 Å². The van der Waals surface area contributed by atoms with Gasteiger partial charge in [-0.3, -0.25) is 14.9 Å². The van der Waals surface area contributed by atoms with Crippen LogP contribution < -0.4 is 11.1 Å². The average molecular weight is 436 g/mol. The molecule has 0 aliphatic carbocycles. The monoisotopic (exact) mass is 436 g/mol. The van der Waals surface area contributed by atoms with E-state index in [1.165, 1.54) is 0 Å². The van der Waals surface area contributed by atoms with Gasteiger partial charge in [0.15, 0.2) is 6.23 Å². The molecule has 2 aromatic heterocycles. The number of para-hydroxylation sites is 2. The van der Waals surface area contributed by atoms with Crippen LogP contribution in [-0.4, -0.2) is 33.6 Å².